The highest BCUT2D eigenvalue weighted by Crippen LogP contribution is 2.20. The highest BCUT2D eigenvalue weighted by molar-refractivity contribution is 7.90. The Morgan fingerprint density at radius 2 is 1.69 bits per heavy atom. The quantitative estimate of drug-likeness (QED) is 0.613. The van der Waals surface area contributed by atoms with Crippen LogP contribution in [0.4, 0.5) is 5.69 Å². The largest absolute Gasteiger partial charge is 0.494 e. The summed E-state index contributed by atoms with van der Waals surface area (Å²) >= 11 is 5.12. The summed E-state index contributed by atoms with van der Waals surface area (Å²) in [5, 5.41) is 5.67. The molecule has 2 aromatic carbocycles. The van der Waals surface area contributed by atoms with E-state index in [2.05, 4.69) is 10.6 Å². The average molecular weight is 435 g/mol. The van der Waals surface area contributed by atoms with E-state index in [9.17, 15) is 13.2 Å². The van der Waals surface area contributed by atoms with Gasteiger partial charge in [0.1, 0.15) is 5.75 Å². The standard InChI is InChI=1S/C21H26N2O4S2/c1-4-27-18-9-5-16(6-10-18)14-29(25,26)19-11-7-17(8-12-19)22-21(28)23-20(24)13-15(2)3/h5-12,15H,4,13-14H2,1-3H3,(H2,22,23,24,28). The van der Waals surface area contributed by atoms with Gasteiger partial charge in [-0.15, -0.1) is 0 Å². The molecule has 0 heterocycles. The van der Waals surface area contributed by atoms with Crippen LogP contribution in [0.1, 0.15) is 32.8 Å². The number of benzene rings is 2. The van der Waals surface area contributed by atoms with Crippen LogP contribution in [0.2, 0.25) is 0 Å². The fourth-order valence-corrected chi connectivity index (χ4v) is 4.19. The van der Waals surface area contributed by atoms with Gasteiger partial charge in [-0.3, -0.25) is 4.79 Å². The minimum atomic E-state index is -3.49. The zero-order valence-electron chi connectivity index (χ0n) is 16.8. The molecule has 156 valence electrons. The SMILES string of the molecule is CCOc1ccc(CS(=O)(=O)c2ccc(NC(=S)NC(=O)CC(C)C)cc2)cc1. The summed E-state index contributed by atoms with van der Waals surface area (Å²) in [6.07, 6.45) is 0.380. The molecule has 0 spiro atoms. The van der Waals surface area contributed by atoms with Crippen LogP contribution in [0.15, 0.2) is 53.4 Å². The molecular formula is C21H26N2O4S2. The number of thiocarbonyl (C=S) groups is 1. The third kappa shape index (κ3) is 7.47. The van der Waals surface area contributed by atoms with Gasteiger partial charge in [0.25, 0.3) is 0 Å². The maximum absolute atomic E-state index is 12.7. The van der Waals surface area contributed by atoms with Gasteiger partial charge in [-0.05, 0) is 67.0 Å². The normalized spacial score (nSPS) is 11.2. The zero-order valence-corrected chi connectivity index (χ0v) is 18.4. The summed E-state index contributed by atoms with van der Waals surface area (Å²) in [6.45, 7) is 6.34. The van der Waals surface area contributed by atoms with Crippen LogP contribution < -0.4 is 15.4 Å². The number of hydrogen-bond donors (Lipinski definition) is 2. The van der Waals surface area contributed by atoms with Crippen molar-refractivity contribution in [2.45, 2.75) is 37.8 Å². The molecule has 0 aliphatic rings. The Balaban J connectivity index is 1.99. The Kier molecular flexibility index (Phi) is 8.16. The highest BCUT2D eigenvalue weighted by atomic mass is 32.2. The van der Waals surface area contributed by atoms with Crippen molar-refractivity contribution in [1.29, 1.82) is 0 Å². The Morgan fingerprint density at radius 1 is 1.07 bits per heavy atom. The first-order valence-electron chi connectivity index (χ1n) is 9.35. The van der Waals surface area contributed by atoms with Gasteiger partial charge in [-0.1, -0.05) is 26.0 Å². The lowest BCUT2D eigenvalue weighted by atomic mass is 10.1. The van der Waals surface area contributed by atoms with Crippen molar-refractivity contribution in [3.63, 3.8) is 0 Å². The summed E-state index contributed by atoms with van der Waals surface area (Å²) in [5.74, 6) is 0.681. The van der Waals surface area contributed by atoms with Crippen molar-refractivity contribution < 1.29 is 17.9 Å². The van der Waals surface area contributed by atoms with E-state index in [1.54, 1.807) is 36.4 Å². The third-order valence-electron chi connectivity index (χ3n) is 3.91. The molecule has 0 bridgehead atoms. The molecule has 0 saturated carbocycles. The predicted octanol–water partition coefficient (Wildman–Crippen LogP) is 3.92. The minimum Gasteiger partial charge on any atom is -0.494 e. The Bertz CT molecular complexity index is 938. The maximum Gasteiger partial charge on any atom is 0.226 e. The molecule has 1 amide bonds. The Morgan fingerprint density at radius 3 is 2.24 bits per heavy atom. The number of sulfone groups is 1. The van der Waals surface area contributed by atoms with Gasteiger partial charge in [0, 0.05) is 12.1 Å². The summed E-state index contributed by atoms with van der Waals surface area (Å²) in [7, 11) is -3.49. The number of carbonyl (C=O) groups is 1. The van der Waals surface area contributed by atoms with E-state index in [0.29, 0.717) is 30.0 Å². The molecule has 0 radical (unpaired) electrons. The van der Waals surface area contributed by atoms with E-state index in [4.69, 9.17) is 17.0 Å². The molecule has 0 aliphatic carbocycles. The van der Waals surface area contributed by atoms with E-state index >= 15 is 0 Å². The molecule has 29 heavy (non-hydrogen) atoms. The van der Waals surface area contributed by atoms with Crippen molar-refractivity contribution in [2.75, 3.05) is 11.9 Å². The predicted molar refractivity (Wildman–Crippen MR) is 119 cm³/mol. The molecule has 2 rings (SSSR count). The molecule has 2 aromatic rings. The molecule has 0 unspecified atom stereocenters. The van der Waals surface area contributed by atoms with Crippen LogP contribution in [-0.2, 0) is 20.4 Å². The van der Waals surface area contributed by atoms with Crippen molar-refractivity contribution in [2.24, 2.45) is 5.92 Å². The fourth-order valence-electron chi connectivity index (χ4n) is 2.61. The van der Waals surface area contributed by atoms with Gasteiger partial charge in [-0.25, -0.2) is 8.42 Å². The number of rotatable bonds is 8. The molecule has 0 aliphatic heterocycles. The van der Waals surface area contributed by atoms with Gasteiger partial charge in [-0.2, -0.15) is 0 Å². The van der Waals surface area contributed by atoms with Crippen LogP contribution in [0.5, 0.6) is 5.75 Å². The minimum absolute atomic E-state index is 0.101. The summed E-state index contributed by atoms with van der Waals surface area (Å²) in [6, 6.07) is 13.3. The van der Waals surface area contributed by atoms with Gasteiger partial charge in [0.2, 0.25) is 5.91 Å². The molecule has 8 heteroatoms. The van der Waals surface area contributed by atoms with Crippen LogP contribution in [0, 0.1) is 5.92 Å². The Hall–Kier alpha value is -2.45. The van der Waals surface area contributed by atoms with E-state index in [-0.39, 0.29) is 27.6 Å². The summed E-state index contributed by atoms with van der Waals surface area (Å²) < 4.78 is 30.7. The van der Waals surface area contributed by atoms with Crippen LogP contribution in [0.25, 0.3) is 0 Å². The van der Waals surface area contributed by atoms with Crippen molar-refractivity contribution in [3.8, 4) is 5.75 Å². The fraction of sp³-hybridized carbons (Fsp3) is 0.333. The third-order valence-corrected chi connectivity index (χ3v) is 5.82. The van der Waals surface area contributed by atoms with Crippen molar-refractivity contribution >= 4 is 38.8 Å². The molecule has 0 fully saturated rings. The van der Waals surface area contributed by atoms with Gasteiger partial charge >= 0.3 is 0 Å². The van der Waals surface area contributed by atoms with Gasteiger partial charge in [0.15, 0.2) is 14.9 Å². The maximum atomic E-state index is 12.7. The topological polar surface area (TPSA) is 84.5 Å². The van der Waals surface area contributed by atoms with Gasteiger partial charge in [0.05, 0.1) is 17.3 Å². The molecule has 0 saturated heterocycles. The van der Waals surface area contributed by atoms with E-state index in [1.165, 1.54) is 12.1 Å². The van der Waals surface area contributed by atoms with Crippen LogP contribution >= 0.6 is 12.2 Å². The lowest BCUT2D eigenvalue weighted by Crippen LogP contribution is -2.34. The summed E-state index contributed by atoms with van der Waals surface area (Å²) in [5.41, 5.74) is 1.28. The second kappa shape index (κ2) is 10.4. The number of amides is 1. The molecule has 2 N–H and O–H groups in total. The van der Waals surface area contributed by atoms with Crippen molar-refractivity contribution in [3.05, 3.63) is 54.1 Å². The van der Waals surface area contributed by atoms with E-state index in [0.717, 1.165) is 0 Å². The molecule has 6 nitrogen and oxygen atoms in total. The summed E-state index contributed by atoms with van der Waals surface area (Å²) in [4.78, 5) is 12.0. The number of ether oxygens (including phenoxy) is 1. The van der Waals surface area contributed by atoms with Gasteiger partial charge < -0.3 is 15.4 Å². The van der Waals surface area contributed by atoms with Crippen LogP contribution in [-0.4, -0.2) is 26.0 Å². The molecule has 0 atom stereocenters. The number of nitrogens with one attached hydrogen (secondary N) is 2. The lowest BCUT2D eigenvalue weighted by molar-refractivity contribution is -0.120. The Labute approximate surface area is 177 Å². The number of anilines is 1. The first-order valence-corrected chi connectivity index (χ1v) is 11.4. The zero-order chi connectivity index (χ0) is 21.4. The number of hydrogen-bond acceptors (Lipinski definition) is 5. The van der Waals surface area contributed by atoms with E-state index in [1.807, 2.05) is 20.8 Å². The monoisotopic (exact) mass is 434 g/mol. The number of carbonyl (C=O) groups excluding carboxylic acids is 1. The van der Waals surface area contributed by atoms with E-state index < -0.39 is 9.84 Å². The highest BCUT2D eigenvalue weighted by Gasteiger charge is 2.16. The second-order valence-corrected chi connectivity index (χ2v) is 9.36. The average Bonchev–Trinajstić information content (AvgIpc) is 2.63. The molecular weight excluding hydrogens is 408 g/mol. The first-order chi connectivity index (χ1) is 13.7. The second-order valence-electron chi connectivity index (χ2n) is 6.96. The first kappa shape index (κ1) is 22.8. The van der Waals surface area contributed by atoms with Crippen molar-refractivity contribution in [1.82, 2.24) is 5.32 Å². The lowest BCUT2D eigenvalue weighted by Gasteiger charge is -2.11. The smallest absolute Gasteiger partial charge is 0.226 e. The molecule has 0 aromatic heterocycles. The van der Waals surface area contributed by atoms with Crippen LogP contribution in [0.3, 0.4) is 0 Å².